The van der Waals surface area contributed by atoms with Crippen LogP contribution in [0.1, 0.15) is 36.9 Å². The number of hydrogen-bond acceptors (Lipinski definition) is 3. The molecule has 1 amide bonds. The molecule has 0 aliphatic carbocycles. The first kappa shape index (κ1) is 21.4. The third kappa shape index (κ3) is 4.69. The Kier molecular flexibility index (Phi) is 6.22. The fraction of sp³-hybridized carbons (Fsp3) is 0.286. The quantitative estimate of drug-likeness (QED) is 0.455. The van der Waals surface area contributed by atoms with Crippen molar-refractivity contribution in [3.8, 4) is 5.69 Å². The summed E-state index contributed by atoms with van der Waals surface area (Å²) in [7, 11) is 0. The number of fused-ring (bicyclic) bond motifs is 1. The summed E-state index contributed by atoms with van der Waals surface area (Å²) in [6, 6.07) is 25.5. The van der Waals surface area contributed by atoms with Gasteiger partial charge in [-0.25, -0.2) is 4.68 Å². The lowest BCUT2D eigenvalue weighted by molar-refractivity contribution is -0.126. The molecule has 1 aliphatic rings. The fourth-order valence-corrected chi connectivity index (χ4v) is 4.88. The Morgan fingerprint density at radius 3 is 2.52 bits per heavy atom. The summed E-state index contributed by atoms with van der Waals surface area (Å²) >= 11 is 0. The number of rotatable bonds is 6. The number of amides is 1. The molecule has 2 heterocycles. The Morgan fingerprint density at radius 1 is 1.00 bits per heavy atom. The van der Waals surface area contributed by atoms with Crippen molar-refractivity contribution >= 4 is 16.7 Å². The van der Waals surface area contributed by atoms with E-state index in [0.717, 1.165) is 37.2 Å². The van der Waals surface area contributed by atoms with E-state index >= 15 is 0 Å². The van der Waals surface area contributed by atoms with E-state index in [1.807, 2.05) is 41.2 Å². The van der Waals surface area contributed by atoms with E-state index in [9.17, 15) is 4.79 Å². The molecule has 0 spiro atoms. The number of likely N-dealkylation sites (tertiary alicyclic amines) is 1. The molecule has 168 valence electrons. The molecular formula is C28H30N4O. The Bertz CT molecular complexity index is 1200. The SMILES string of the molecule is CC(c1cccc2ccccc12)N1CCC(C(=O)NCc2ccc(-n3cccn3)cc2)CC1. The molecule has 1 fully saturated rings. The maximum atomic E-state index is 12.8. The number of carbonyl (C=O) groups is 1. The highest BCUT2D eigenvalue weighted by atomic mass is 16.1. The molecule has 3 aromatic carbocycles. The lowest BCUT2D eigenvalue weighted by atomic mass is 9.92. The summed E-state index contributed by atoms with van der Waals surface area (Å²) < 4.78 is 1.83. The van der Waals surface area contributed by atoms with Gasteiger partial charge in [0.2, 0.25) is 5.91 Å². The number of benzene rings is 3. The molecule has 1 atom stereocenters. The van der Waals surface area contributed by atoms with Gasteiger partial charge in [-0.1, -0.05) is 54.6 Å². The van der Waals surface area contributed by atoms with Crippen molar-refractivity contribution < 1.29 is 4.79 Å². The van der Waals surface area contributed by atoms with Crippen molar-refractivity contribution in [3.63, 3.8) is 0 Å². The van der Waals surface area contributed by atoms with Crippen LogP contribution in [-0.2, 0) is 11.3 Å². The van der Waals surface area contributed by atoms with Gasteiger partial charge >= 0.3 is 0 Å². The van der Waals surface area contributed by atoms with E-state index in [1.54, 1.807) is 6.20 Å². The molecule has 1 N–H and O–H groups in total. The number of hydrogen-bond donors (Lipinski definition) is 1. The molecule has 1 unspecified atom stereocenters. The number of nitrogens with zero attached hydrogens (tertiary/aromatic N) is 3. The number of nitrogens with one attached hydrogen (secondary N) is 1. The zero-order valence-electron chi connectivity index (χ0n) is 19.0. The number of piperidine rings is 1. The predicted molar refractivity (Wildman–Crippen MR) is 132 cm³/mol. The van der Waals surface area contributed by atoms with Gasteiger partial charge in [-0.15, -0.1) is 0 Å². The fourth-order valence-electron chi connectivity index (χ4n) is 4.88. The average molecular weight is 439 g/mol. The second kappa shape index (κ2) is 9.59. The van der Waals surface area contributed by atoms with Gasteiger partial charge in [-0.3, -0.25) is 9.69 Å². The van der Waals surface area contributed by atoms with Crippen molar-refractivity contribution in [3.05, 3.63) is 96.3 Å². The number of aromatic nitrogens is 2. The van der Waals surface area contributed by atoms with Crippen LogP contribution in [0.5, 0.6) is 0 Å². The largest absolute Gasteiger partial charge is 0.352 e. The minimum Gasteiger partial charge on any atom is -0.352 e. The summed E-state index contributed by atoms with van der Waals surface area (Å²) in [5.41, 5.74) is 3.48. The van der Waals surface area contributed by atoms with Crippen molar-refractivity contribution in [1.82, 2.24) is 20.0 Å². The minimum atomic E-state index is 0.0873. The first-order valence-electron chi connectivity index (χ1n) is 11.8. The van der Waals surface area contributed by atoms with Crippen LogP contribution in [0.2, 0.25) is 0 Å². The van der Waals surface area contributed by atoms with E-state index in [0.29, 0.717) is 12.6 Å². The van der Waals surface area contributed by atoms with Crippen molar-refractivity contribution in [2.45, 2.75) is 32.4 Å². The van der Waals surface area contributed by atoms with E-state index < -0.39 is 0 Å². The molecule has 5 nitrogen and oxygen atoms in total. The van der Waals surface area contributed by atoms with E-state index in [1.165, 1.54) is 16.3 Å². The molecule has 0 radical (unpaired) electrons. The lowest BCUT2D eigenvalue weighted by Gasteiger charge is -2.36. The Hall–Kier alpha value is -3.44. The highest BCUT2D eigenvalue weighted by molar-refractivity contribution is 5.86. The molecule has 33 heavy (non-hydrogen) atoms. The maximum absolute atomic E-state index is 12.8. The summed E-state index contributed by atoms with van der Waals surface area (Å²) in [5.74, 6) is 0.257. The first-order valence-corrected chi connectivity index (χ1v) is 11.8. The van der Waals surface area contributed by atoms with Gasteiger partial charge in [-0.05, 0) is 73.0 Å². The molecule has 5 rings (SSSR count). The van der Waals surface area contributed by atoms with Gasteiger partial charge in [0.1, 0.15) is 0 Å². The molecule has 1 saturated heterocycles. The molecule has 1 aliphatic heterocycles. The van der Waals surface area contributed by atoms with Crippen molar-refractivity contribution in [2.75, 3.05) is 13.1 Å². The van der Waals surface area contributed by atoms with Crippen LogP contribution in [0.4, 0.5) is 0 Å². The summed E-state index contributed by atoms with van der Waals surface area (Å²) in [6.45, 7) is 4.74. The molecular weight excluding hydrogens is 408 g/mol. The zero-order valence-corrected chi connectivity index (χ0v) is 19.0. The molecule has 4 aromatic rings. The monoisotopic (exact) mass is 438 g/mol. The topological polar surface area (TPSA) is 50.2 Å². The normalized spacial score (nSPS) is 16.0. The van der Waals surface area contributed by atoms with Crippen LogP contribution in [-0.4, -0.2) is 33.7 Å². The Balaban J connectivity index is 1.14. The molecule has 0 saturated carbocycles. The van der Waals surface area contributed by atoms with Crippen LogP contribution >= 0.6 is 0 Å². The van der Waals surface area contributed by atoms with E-state index in [2.05, 4.69) is 64.7 Å². The molecule has 1 aromatic heterocycles. The summed E-state index contributed by atoms with van der Waals surface area (Å²) in [4.78, 5) is 15.3. The van der Waals surface area contributed by atoms with Crippen molar-refractivity contribution in [1.29, 1.82) is 0 Å². The highest BCUT2D eigenvalue weighted by Crippen LogP contribution is 2.31. The van der Waals surface area contributed by atoms with Gasteiger partial charge in [0.15, 0.2) is 0 Å². The highest BCUT2D eigenvalue weighted by Gasteiger charge is 2.28. The third-order valence-electron chi connectivity index (χ3n) is 6.89. The van der Waals surface area contributed by atoms with Crippen LogP contribution in [0, 0.1) is 5.92 Å². The first-order chi connectivity index (χ1) is 16.2. The minimum absolute atomic E-state index is 0.0873. The van der Waals surface area contributed by atoms with Gasteiger partial charge < -0.3 is 5.32 Å². The molecule has 0 bridgehead atoms. The Morgan fingerprint density at radius 2 is 1.76 bits per heavy atom. The Labute approximate surface area is 195 Å². The van der Waals surface area contributed by atoms with Crippen LogP contribution in [0.15, 0.2) is 85.2 Å². The second-order valence-electron chi connectivity index (χ2n) is 8.89. The van der Waals surface area contributed by atoms with E-state index in [4.69, 9.17) is 0 Å². The predicted octanol–water partition coefficient (Wildman–Crippen LogP) is 5.11. The third-order valence-corrected chi connectivity index (χ3v) is 6.89. The average Bonchev–Trinajstić information content (AvgIpc) is 3.42. The van der Waals surface area contributed by atoms with E-state index in [-0.39, 0.29) is 11.8 Å². The standard InChI is InChI=1S/C28H30N4O/c1-21(26-9-4-7-23-6-2-3-8-27(23)26)31-18-14-24(15-19-31)28(33)29-20-22-10-12-25(13-11-22)32-17-5-16-30-32/h2-13,16-17,21,24H,14-15,18-20H2,1H3,(H,29,33). The van der Waals surface area contributed by atoms with Gasteiger partial charge in [0.05, 0.1) is 5.69 Å². The van der Waals surface area contributed by atoms with Crippen molar-refractivity contribution in [2.24, 2.45) is 5.92 Å². The van der Waals surface area contributed by atoms with Crippen LogP contribution < -0.4 is 5.32 Å². The summed E-state index contributed by atoms with van der Waals surface area (Å²) in [6.07, 6.45) is 5.49. The van der Waals surface area contributed by atoms with Gasteiger partial charge in [-0.2, -0.15) is 5.10 Å². The molecule has 5 heteroatoms. The zero-order chi connectivity index (χ0) is 22.6. The summed E-state index contributed by atoms with van der Waals surface area (Å²) in [5, 5.41) is 10.0. The maximum Gasteiger partial charge on any atom is 0.223 e. The number of carbonyl (C=O) groups excluding carboxylic acids is 1. The smallest absolute Gasteiger partial charge is 0.223 e. The van der Waals surface area contributed by atoms with Crippen LogP contribution in [0.3, 0.4) is 0 Å². The second-order valence-corrected chi connectivity index (χ2v) is 8.89. The van der Waals surface area contributed by atoms with Gasteiger partial charge in [0.25, 0.3) is 0 Å². The van der Waals surface area contributed by atoms with Crippen LogP contribution in [0.25, 0.3) is 16.5 Å². The lowest BCUT2D eigenvalue weighted by Crippen LogP contribution is -2.41. The van der Waals surface area contributed by atoms with Gasteiger partial charge in [0, 0.05) is 30.9 Å².